The smallest absolute Gasteiger partial charge is 0.264 e. The molecule has 0 aliphatic carbocycles. The summed E-state index contributed by atoms with van der Waals surface area (Å²) in [5.41, 5.74) is 0.0163. The third-order valence-electron chi connectivity index (χ3n) is 2.64. The second-order valence-electron chi connectivity index (χ2n) is 4.67. The number of amides is 1. The van der Waals surface area contributed by atoms with E-state index in [2.05, 4.69) is 35.1 Å². The Morgan fingerprint density at radius 2 is 2.38 bits per heavy atom. The van der Waals surface area contributed by atoms with E-state index in [4.69, 9.17) is 0 Å². The maximum atomic E-state index is 12.2. The molecule has 0 aromatic carbocycles. The summed E-state index contributed by atoms with van der Waals surface area (Å²) in [5.74, 6) is 0.144. The van der Waals surface area contributed by atoms with Crippen molar-refractivity contribution >= 4 is 33.2 Å². The van der Waals surface area contributed by atoms with Crippen molar-refractivity contribution in [3.8, 4) is 0 Å². The van der Waals surface area contributed by atoms with Crippen molar-refractivity contribution < 1.29 is 4.79 Å². The lowest BCUT2D eigenvalue weighted by atomic mass is 10.0. The lowest BCUT2D eigenvalue weighted by Crippen LogP contribution is -2.58. The van der Waals surface area contributed by atoms with Gasteiger partial charge in [0.15, 0.2) is 0 Å². The summed E-state index contributed by atoms with van der Waals surface area (Å²) in [6.45, 7) is 6.66. The number of rotatable bonds is 1. The number of thiophene rings is 1. The van der Waals surface area contributed by atoms with Gasteiger partial charge in [0.25, 0.3) is 5.91 Å². The fourth-order valence-electron chi connectivity index (χ4n) is 1.90. The van der Waals surface area contributed by atoms with Crippen molar-refractivity contribution in [2.24, 2.45) is 0 Å². The van der Waals surface area contributed by atoms with E-state index < -0.39 is 0 Å². The average Bonchev–Trinajstić information content (AvgIpc) is 2.62. The highest BCUT2D eigenvalue weighted by molar-refractivity contribution is 9.10. The van der Waals surface area contributed by atoms with Crippen LogP contribution in [0.5, 0.6) is 0 Å². The van der Waals surface area contributed by atoms with Gasteiger partial charge in [-0.05, 0) is 35.8 Å². The number of nitrogens with zero attached hydrogens (tertiary/aromatic N) is 1. The Labute approximate surface area is 108 Å². The molecule has 88 valence electrons. The van der Waals surface area contributed by atoms with Crippen LogP contribution in [0.2, 0.25) is 0 Å². The predicted octanol–water partition coefficient (Wildman–Crippen LogP) is 2.33. The number of piperazine rings is 1. The van der Waals surface area contributed by atoms with Crippen LogP contribution in [0.1, 0.15) is 23.5 Å². The van der Waals surface area contributed by atoms with Crippen LogP contribution >= 0.6 is 27.3 Å². The lowest BCUT2D eigenvalue weighted by Gasteiger charge is -2.38. The van der Waals surface area contributed by atoms with Crippen LogP contribution < -0.4 is 5.32 Å². The summed E-state index contributed by atoms with van der Waals surface area (Å²) in [7, 11) is 0. The van der Waals surface area contributed by atoms with Crippen molar-refractivity contribution in [3.63, 3.8) is 0 Å². The molecule has 1 fully saturated rings. The van der Waals surface area contributed by atoms with Gasteiger partial charge in [-0.3, -0.25) is 4.79 Å². The molecule has 2 rings (SSSR count). The van der Waals surface area contributed by atoms with Crippen molar-refractivity contribution in [2.45, 2.75) is 19.4 Å². The molecule has 0 spiro atoms. The molecule has 1 aliphatic heterocycles. The molecule has 1 aliphatic rings. The zero-order chi connectivity index (χ0) is 11.8. The fraction of sp³-hybridized carbons (Fsp3) is 0.545. The van der Waals surface area contributed by atoms with Crippen LogP contribution in [0.4, 0.5) is 0 Å². The highest BCUT2D eigenvalue weighted by Gasteiger charge is 2.29. The van der Waals surface area contributed by atoms with Gasteiger partial charge in [-0.1, -0.05) is 0 Å². The van der Waals surface area contributed by atoms with E-state index in [9.17, 15) is 4.79 Å². The predicted molar refractivity (Wildman–Crippen MR) is 70.0 cm³/mol. The summed E-state index contributed by atoms with van der Waals surface area (Å²) in [4.78, 5) is 14.9. The zero-order valence-corrected chi connectivity index (χ0v) is 11.8. The van der Waals surface area contributed by atoms with Gasteiger partial charge in [0, 0.05) is 35.0 Å². The van der Waals surface area contributed by atoms with Crippen LogP contribution in [-0.4, -0.2) is 36.0 Å². The van der Waals surface area contributed by atoms with Crippen LogP contribution in [0.25, 0.3) is 0 Å². The first-order chi connectivity index (χ1) is 7.48. The van der Waals surface area contributed by atoms with Gasteiger partial charge in [-0.25, -0.2) is 0 Å². The zero-order valence-electron chi connectivity index (χ0n) is 9.42. The first-order valence-electron chi connectivity index (χ1n) is 5.26. The van der Waals surface area contributed by atoms with E-state index in [1.165, 1.54) is 11.3 Å². The van der Waals surface area contributed by atoms with Gasteiger partial charge in [0.1, 0.15) is 0 Å². The molecule has 1 aromatic heterocycles. The topological polar surface area (TPSA) is 32.3 Å². The minimum Gasteiger partial charge on any atom is -0.335 e. The number of nitrogens with one attached hydrogen (secondary N) is 1. The highest BCUT2D eigenvalue weighted by atomic mass is 79.9. The highest BCUT2D eigenvalue weighted by Crippen LogP contribution is 2.22. The molecule has 1 N–H and O–H groups in total. The Bertz CT molecular complexity index is 402. The quantitative estimate of drug-likeness (QED) is 0.863. The molecule has 1 aromatic rings. The van der Waals surface area contributed by atoms with Crippen molar-refractivity contribution in [1.82, 2.24) is 10.2 Å². The summed E-state index contributed by atoms with van der Waals surface area (Å²) in [6, 6.07) is 1.89. The second kappa shape index (κ2) is 4.47. The standard InChI is InChI=1S/C11H15BrN2OS/c1-11(2)7-14(4-3-13-11)10(15)9-5-8(12)6-16-9/h5-6,13H,3-4,7H2,1-2H3. The number of carbonyl (C=O) groups excluding carboxylic acids is 1. The van der Waals surface area contributed by atoms with Gasteiger partial charge >= 0.3 is 0 Å². The molecular formula is C11H15BrN2OS. The second-order valence-corrected chi connectivity index (χ2v) is 6.49. The molecule has 0 atom stereocenters. The summed E-state index contributed by atoms with van der Waals surface area (Å²) in [6.07, 6.45) is 0. The minimum atomic E-state index is 0.0163. The molecule has 0 unspecified atom stereocenters. The third kappa shape index (κ3) is 2.64. The van der Waals surface area contributed by atoms with Crippen LogP contribution in [0, 0.1) is 0 Å². The van der Waals surface area contributed by atoms with E-state index in [0.717, 1.165) is 29.0 Å². The Kier molecular flexibility index (Phi) is 3.37. The molecule has 5 heteroatoms. The first kappa shape index (κ1) is 12.1. The number of halogens is 1. The fourth-order valence-corrected chi connectivity index (χ4v) is 3.29. The Balaban J connectivity index is 2.10. The molecular weight excluding hydrogens is 288 g/mol. The number of carbonyl (C=O) groups is 1. The summed E-state index contributed by atoms with van der Waals surface area (Å²) >= 11 is 4.87. The molecule has 0 saturated carbocycles. The van der Waals surface area contributed by atoms with Crippen molar-refractivity contribution in [1.29, 1.82) is 0 Å². The maximum Gasteiger partial charge on any atom is 0.264 e. The largest absolute Gasteiger partial charge is 0.335 e. The van der Waals surface area contributed by atoms with Crippen LogP contribution in [0.3, 0.4) is 0 Å². The Morgan fingerprint density at radius 1 is 1.62 bits per heavy atom. The first-order valence-corrected chi connectivity index (χ1v) is 6.93. The van der Waals surface area contributed by atoms with E-state index in [1.807, 2.05) is 16.3 Å². The van der Waals surface area contributed by atoms with Crippen molar-refractivity contribution in [3.05, 3.63) is 20.8 Å². The monoisotopic (exact) mass is 302 g/mol. The van der Waals surface area contributed by atoms with Gasteiger partial charge in [0.2, 0.25) is 0 Å². The molecule has 2 heterocycles. The van der Waals surface area contributed by atoms with Gasteiger partial charge in [-0.2, -0.15) is 0 Å². The van der Waals surface area contributed by atoms with E-state index >= 15 is 0 Å². The molecule has 1 amide bonds. The molecule has 0 radical (unpaired) electrons. The third-order valence-corrected chi connectivity index (χ3v) is 4.32. The number of hydrogen-bond donors (Lipinski definition) is 1. The molecule has 1 saturated heterocycles. The Hall–Kier alpha value is -0.390. The van der Waals surface area contributed by atoms with Crippen LogP contribution in [0.15, 0.2) is 15.9 Å². The Morgan fingerprint density at radius 3 is 2.94 bits per heavy atom. The summed E-state index contributed by atoms with van der Waals surface area (Å²) in [5, 5.41) is 5.35. The normalized spacial score (nSPS) is 19.8. The van der Waals surface area contributed by atoms with Gasteiger partial charge < -0.3 is 10.2 Å². The van der Waals surface area contributed by atoms with Crippen LogP contribution in [-0.2, 0) is 0 Å². The lowest BCUT2D eigenvalue weighted by molar-refractivity contribution is 0.0657. The van der Waals surface area contributed by atoms with Gasteiger partial charge in [-0.15, -0.1) is 11.3 Å². The number of hydrogen-bond acceptors (Lipinski definition) is 3. The van der Waals surface area contributed by atoms with E-state index in [1.54, 1.807) is 0 Å². The molecule has 3 nitrogen and oxygen atoms in total. The molecule has 0 bridgehead atoms. The average molecular weight is 303 g/mol. The summed E-state index contributed by atoms with van der Waals surface area (Å²) < 4.78 is 0.982. The van der Waals surface area contributed by atoms with E-state index in [0.29, 0.717) is 0 Å². The van der Waals surface area contributed by atoms with E-state index in [-0.39, 0.29) is 11.4 Å². The maximum absolute atomic E-state index is 12.2. The molecule has 16 heavy (non-hydrogen) atoms. The minimum absolute atomic E-state index is 0.0163. The van der Waals surface area contributed by atoms with Crippen molar-refractivity contribution in [2.75, 3.05) is 19.6 Å². The van der Waals surface area contributed by atoms with Gasteiger partial charge in [0.05, 0.1) is 4.88 Å². The SMILES string of the molecule is CC1(C)CN(C(=O)c2cc(Br)cs2)CCN1.